The summed E-state index contributed by atoms with van der Waals surface area (Å²) >= 11 is 5.79. The molecule has 0 radical (unpaired) electrons. The molecule has 3 heteroatoms. The van der Waals surface area contributed by atoms with Crippen LogP contribution < -0.4 is 0 Å². The minimum Gasteiger partial charge on any atom is -0.462 e. The highest BCUT2D eigenvalue weighted by molar-refractivity contribution is 6.30. The van der Waals surface area contributed by atoms with E-state index in [1.54, 1.807) is 18.2 Å². The Morgan fingerprint density at radius 2 is 2.38 bits per heavy atom. The Bertz CT molecular complexity index is 430. The Balaban J connectivity index is 2.47. The number of hydrogen-bond donors (Lipinski definition) is 0. The Morgan fingerprint density at radius 1 is 1.56 bits per heavy atom. The van der Waals surface area contributed by atoms with E-state index >= 15 is 0 Å². The van der Waals surface area contributed by atoms with Gasteiger partial charge in [-0.15, -0.1) is 12.3 Å². The lowest BCUT2D eigenvalue weighted by atomic mass is 10.2. The first-order valence-electron chi connectivity index (χ1n) is 4.76. The van der Waals surface area contributed by atoms with Gasteiger partial charge in [0.05, 0.1) is 0 Å². The van der Waals surface area contributed by atoms with Crippen LogP contribution in [0.3, 0.4) is 0 Å². The number of ether oxygens (including phenoxy) is 1. The number of benzene rings is 1. The number of esters is 1. The summed E-state index contributed by atoms with van der Waals surface area (Å²) in [5.41, 5.74) is 0.849. The molecule has 0 aromatic heterocycles. The first-order chi connectivity index (χ1) is 7.72. The molecule has 0 aliphatic heterocycles. The third-order valence-electron chi connectivity index (χ3n) is 1.75. The number of carbonyl (C=O) groups is 1. The fourth-order valence-corrected chi connectivity index (χ4v) is 1.23. The lowest BCUT2D eigenvalue weighted by molar-refractivity contribution is -0.137. The SMILES string of the molecule is C#CCCOC(=O)C=Cc1cccc(Cl)c1. The molecule has 0 aliphatic rings. The average Bonchev–Trinajstić information content (AvgIpc) is 2.27. The third kappa shape index (κ3) is 4.68. The average molecular weight is 235 g/mol. The van der Waals surface area contributed by atoms with Crippen molar-refractivity contribution < 1.29 is 9.53 Å². The van der Waals surface area contributed by atoms with Crippen molar-refractivity contribution in [2.75, 3.05) is 6.61 Å². The van der Waals surface area contributed by atoms with Gasteiger partial charge in [0.15, 0.2) is 0 Å². The number of carbonyl (C=O) groups excluding carboxylic acids is 1. The molecule has 0 atom stereocenters. The number of rotatable bonds is 4. The van der Waals surface area contributed by atoms with Crippen LogP contribution in [0, 0.1) is 12.3 Å². The van der Waals surface area contributed by atoms with E-state index in [-0.39, 0.29) is 6.61 Å². The van der Waals surface area contributed by atoms with Gasteiger partial charge in [-0.3, -0.25) is 0 Å². The van der Waals surface area contributed by atoms with Crippen LogP contribution in [0.1, 0.15) is 12.0 Å². The van der Waals surface area contributed by atoms with Crippen LogP contribution >= 0.6 is 11.6 Å². The summed E-state index contributed by atoms with van der Waals surface area (Å²) in [7, 11) is 0. The van der Waals surface area contributed by atoms with Gasteiger partial charge >= 0.3 is 5.97 Å². The molecule has 0 aliphatic carbocycles. The van der Waals surface area contributed by atoms with Gasteiger partial charge in [-0.25, -0.2) is 4.79 Å². The van der Waals surface area contributed by atoms with Crippen molar-refractivity contribution in [2.24, 2.45) is 0 Å². The fraction of sp³-hybridized carbons (Fsp3) is 0.154. The molecule has 0 amide bonds. The van der Waals surface area contributed by atoms with Crippen LogP contribution in [0.2, 0.25) is 5.02 Å². The predicted octanol–water partition coefficient (Wildman–Crippen LogP) is 2.92. The van der Waals surface area contributed by atoms with E-state index in [0.717, 1.165) is 5.56 Å². The molecule has 16 heavy (non-hydrogen) atoms. The van der Waals surface area contributed by atoms with Gasteiger partial charge in [0.1, 0.15) is 6.61 Å². The van der Waals surface area contributed by atoms with E-state index in [0.29, 0.717) is 11.4 Å². The monoisotopic (exact) mass is 234 g/mol. The van der Waals surface area contributed by atoms with E-state index in [2.05, 4.69) is 5.92 Å². The maximum atomic E-state index is 11.2. The Morgan fingerprint density at radius 3 is 3.06 bits per heavy atom. The Labute approximate surface area is 99.9 Å². The molecule has 0 saturated carbocycles. The lowest BCUT2D eigenvalue weighted by Crippen LogP contribution is -2.01. The minimum absolute atomic E-state index is 0.245. The molecule has 2 nitrogen and oxygen atoms in total. The second-order valence-electron chi connectivity index (χ2n) is 3.01. The maximum absolute atomic E-state index is 11.2. The van der Waals surface area contributed by atoms with E-state index < -0.39 is 5.97 Å². The highest BCUT2D eigenvalue weighted by Crippen LogP contribution is 2.11. The minimum atomic E-state index is -0.407. The zero-order valence-corrected chi connectivity index (χ0v) is 9.41. The summed E-state index contributed by atoms with van der Waals surface area (Å²) < 4.78 is 4.83. The van der Waals surface area contributed by atoms with Crippen molar-refractivity contribution >= 4 is 23.6 Å². The zero-order valence-electron chi connectivity index (χ0n) is 8.65. The van der Waals surface area contributed by atoms with Crippen LogP contribution in [-0.4, -0.2) is 12.6 Å². The van der Waals surface area contributed by atoms with Crippen molar-refractivity contribution in [3.8, 4) is 12.3 Å². The van der Waals surface area contributed by atoms with Gasteiger partial charge < -0.3 is 4.74 Å². The van der Waals surface area contributed by atoms with Gasteiger partial charge in [-0.05, 0) is 23.8 Å². The smallest absolute Gasteiger partial charge is 0.330 e. The number of halogens is 1. The largest absolute Gasteiger partial charge is 0.462 e. The lowest BCUT2D eigenvalue weighted by Gasteiger charge is -1.97. The number of hydrogen-bond acceptors (Lipinski definition) is 2. The molecule has 1 rings (SSSR count). The third-order valence-corrected chi connectivity index (χ3v) is 1.99. The summed E-state index contributed by atoms with van der Waals surface area (Å²) in [5.74, 6) is 1.98. The Hall–Kier alpha value is -1.72. The first-order valence-corrected chi connectivity index (χ1v) is 5.14. The highest BCUT2D eigenvalue weighted by Gasteiger charge is 1.95. The van der Waals surface area contributed by atoms with Crippen molar-refractivity contribution in [2.45, 2.75) is 6.42 Å². The molecule has 1 aromatic rings. The van der Waals surface area contributed by atoms with Crippen LogP contribution in [0.15, 0.2) is 30.3 Å². The maximum Gasteiger partial charge on any atom is 0.330 e. The molecule has 0 N–H and O–H groups in total. The zero-order chi connectivity index (χ0) is 11.8. The first kappa shape index (κ1) is 12.4. The summed E-state index contributed by atoms with van der Waals surface area (Å²) in [5, 5.41) is 0.628. The molecular weight excluding hydrogens is 224 g/mol. The standard InChI is InChI=1S/C13H11ClO2/c1-2-3-9-16-13(15)8-7-11-5-4-6-12(14)10-11/h1,4-8,10H,3,9H2. The van der Waals surface area contributed by atoms with Gasteiger partial charge in [0, 0.05) is 17.5 Å². The van der Waals surface area contributed by atoms with Crippen LogP contribution in [0.5, 0.6) is 0 Å². The van der Waals surface area contributed by atoms with Crippen molar-refractivity contribution in [3.63, 3.8) is 0 Å². The normalized spacial score (nSPS) is 10.0. The quantitative estimate of drug-likeness (QED) is 0.347. The van der Waals surface area contributed by atoms with Gasteiger partial charge in [-0.1, -0.05) is 23.7 Å². The van der Waals surface area contributed by atoms with Crippen molar-refractivity contribution in [1.29, 1.82) is 0 Å². The summed E-state index contributed by atoms with van der Waals surface area (Å²) in [6.07, 6.45) is 8.44. The summed E-state index contributed by atoms with van der Waals surface area (Å²) in [6.45, 7) is 0.245. The van der Waals surface area contributed by atoms with Gasteiger partial charge in [0.2, 0.25) is 0 Å². The predicted molar refractivity (Wildman–Crippen MR) is 64.9 cm³/mol. The van der Waals surface area contributed by atoms with E-state index in [4.69, 9.17) is 22.8 Å². The van der Waals surface area contributed by atoms with Crippen molar-refractivity contribution in [1.82, 2.24) is 0 Å². The molecule has 0 heterocycles. The highest BCUT2D eigenvalue weighted by atomic mass is 35.5. The molecule has 0 fully saturated rings. The van der Waals surface area contributed by atoms with E-state index in [1.165, 1.54) is 6.08 Å². The molecule has 1 aromatic carbocycles. The van der Waals surface area contributed by atoms with Crippen LogP contribution in [0.25, 0.3) is 6.08 Å². The molecule has 0 unspecified atom stereocenters. The van der Waals surface area contributed by atoms with E-state index in [1.807, 2.05) is 12.1 Å². The van der Waals surface area contributed by atoms with Crippen LogP contribution in [0.4, 0.5) is 0 Å². The van der Waals surface area contributed by atoms with Gasteiger partial charge in [-0.2, -0.15) is 0 Å². The topological polar surface area (TPSA) is 26.3 Å². The molecule has 0 saturated heterocycles. The summed E-state index contributed by atoms with van der Waals surface area (Å²) in [4.78, 5) is 11.2. The molecule has 0 spiro atoms. The van der Waals surface area contributed by atoms with E-state index in [9.17, 15) is 4.79 Å². The van der Waals surface area contributed by atoms with Crippen LogP contribution in [-0.2, 0) is 9.53 Å². The molecular formula is C13H11ClO2. The van der Waals surface area contributed by atoms with Crippen molar-refractivity contribution in [3.05, 3.63) is 40.9 Å². The van der Waals surface area contributed by atoms with Gasteiger partial charge in [0.25, 0.3) is 0 Å². The Kier molecular flexibility index (Phi) is 5.18. The number of terminal acetylenes is 1. The molecule has 82 valence electrons. The summed E-state index contributed by atoms with van der Waals surface area (Å²) in [6, 6.07) is 7.18. The second kappa shape index (κ2) is 6.71. The molecule has 0 bridgehead atoms. The fourth-order valence-electron chi connectivity index (χ4n) is 1.03. The second-order valence-corrected chi connectivity index (χ2v) is 3.45.